The number of Topliss-reactive ketones (excluding diaryl/α,β-unsaturated/α-hetero) is 1. The van der Waals surface area contributed by atoms with Crippen LogP contribution in [0.25, 0.3) is 0 Å². The SMILES string of the molecule is COC(=O)c1ncn(CN2CCC(C(=O)c3ccc(C)cc3)CC2)n1. The van der Waals surface area contributed by atoms with Crippen LogP contribution in [-0.2, 0) is 11.4 Å². The predicted octanol–water partition coefficient (Wildman–Crippen LogP) is 1.93. The van der Waals surface area contributed by atoms with Gasteiger partial charge in [0.1, 0.15) is 6.33 Å². The third-order valence-corrected chi connectivity index (χ3v) is 4.54. The van der Waals surface area contributed by atoms with E-state index in [1.807, 2.05) is 31.2 Å². The molecule has 0 spiro atoms. The molecule has 7 nitrogen and oxygen atoms in total. The minimum Gasteiger partial charge on any atom is -0.463 e. The highest BCUT2D eigenvalue weighted by atomic mass is 16.5. The fourth-order valence-electron chi connectivity index (χ4n) is 3.04. The Bertz CT molecular complexity index is 746. The maximum absolute atomic E-state index is 12.6. The van der Waals surface area contributed by atoms with Crippen molar-refractivity contribution >= 4 is 11.8 Å². The van der Waals surface area contributed by atoms with Crippen LogP contribution in [0.3, 0.4) is 0 Å². The normalized spacial score (nSPS) is 15.9. The molecular weight excluding hydrogens is 320 g/mol. The topological polar surface area (TPSA) is 77.3 Å². The average molecular weight is 342 g/mol. The van der Waals surface area contributed by atoms with Gasteiger partial charge in [0.2, 0.25) is 0 Å². The Morgan fingerprint density at radius 1 is 1.20 bits per heavy atom. The van der Waals surface area contributed by atoms with Gasteiger partial charge in [0.25, 0.3) is 5.82 Å². The number of nitrogens with zero attached hydrogens (tertiary/aromatic N) is 4. The lowest BCUT2D eigenvalue weighted by molar-refractivity contribution is 0.0584. The molecule has 0 atom stereocenters. The summed E-state index contributed by atoms with van der Waals surface area (Å²) in [6.07, 6.45) is 3.17. The van der Waals surface area contributed by atoms with E-state index in [1.165, 1.54) is 13.4 Å². The maximum Gasteiger partial charge on any atom is 0.377 e. The fraction of sp³-hybridized carbons (Fsp3) is 0.444. The molecule has 2 heterocycles. The van der Waals surface area contributed by atoms with Gasteiger partial charge in [-0.1, -0.05) is 29.8 Å². The molecule has 0 radical (unpaired) electrons. The highest BCUT2D eigenvalue weighted by Gasteiger charge is 2.26. The van der Waals surface area contributed by atoms with Crippen molar-refractivity contribution in [2.24, 2.45) is 5.92 Å². The summed E-state index contributed by atoms with van der Waals surface area (Å²) in [5, 5.41) is 4.11. The van der Waals surface area contributed by atoms with E-state index in [2.05, 4.69) is 19.7 Å². The quantitative estimate of drug-likeness (QED) is 0.610. The van der Waals surface area contributed by atoms with Gasteiger partial charge in [0.15, 0.2) is 5.78 Å². The lowest BCUT2D eigenvalue weighted by Gasteiger charge is -2.30. The molecule has 1 aliphatic heterocycles. The number of aryl methyl sites for hydroxylation is 1. The molecule has 132 valence electrons. The number of carbonyl (C=O) groups excluding carboxylic acids is 2. The number of hydrogen-bond acceptors (Lipinski definition) is 6. The molecule has 1 aromatic carbocycles. The Labute approximate surface area is 146 Å². The number of carbonyl (C=O) groups is 2. The van der Waals surface area contributed by atoms with E-state index in [1.54, 1.807) is 4.68 Å². The number of ketones is 1. The molecule has 0 aliphatic carbocycles. The zero-order chi connectivity index (χ0) is 17.8. The summed E-state index contributed by atoms with van der Waals surface area (Å²) in [5.74, 6) is -0.179. The molecule has 25 heavy (non-hydrogen) atoms. The van der Waals surface area contributed by atoms with Gasteiger partial charge < -0.3 is 4.74 Å². The van der Waals surface area contributed by atoms with Crippen LogP contribution in [0, 0.1) is 12.8 Å². The van der Waals surface area contributed by atoms with Gasteiger partial charge in [0, 0.05) is 24.6 Å². The van der Waals surface area contributed by atoms with E-state index < -0.39 is 5.97 Å². The van der Waals surface area contributed by atoms with Crippen LogP contribution in [0.4, 0.5) is 0 Å². The molecule has 0 saturated carbocycles. The third-order valence-electron chi connectivity index (χ3n) is 4.54. The van der Waals surface area contributed by atoms with Crippen molar-refractivity contribution in [3.8, 4) is 0 Å². The van der Waals surface area contributed by atoms with Crippen molar-refractivity contribution < 1.29 is 14.3 Å². The first-order chi connectivity index (χ1) is 12.1. The van der Waals surface area contributed by atoms with Crippen LogP contribution < -0.4 is 0 Å². The Kier molecular flexibility index (Phi) is 5.23. The Morgan fingerprint density at radius 2 is 1.88 bits per heavy atom. The number of aromatic nitrogens is 3. The number of esters is 1. The molecule has 2 aromatic rings. The van der Waals surface area contributed by atoms with Crippen molar-refractivity contribution in [2.45, 2.75) is 26.4 Å². The summed E-state index contributed by atoms with van der Waals surface area (Å²) in [6.45, 7) is 4.20. The summed E-state index contributed by atoms with van der Waals surface area (Å²) in [4.78, 5) is 30.1. The summed E-state index contributed by atoms with van der Waals surface area (Å²) in [5.41, 5.74) is 1.95. The summed E-state index contributed by atoms with van der Waals surface area (Å²) in [7, 11) is 1.30. The Hall–Kier alpha value is -2.54. The average Bonchev–Trinajstić information content (AvgIpc) is 3.10. The van der Waals surface area contributed by atoms with Gasteiger partial charge in [-0.25, -0.2) is 14.5 Å². The van der Waals surface area contributed by atoms with Crippen molar-refractivity contribution in [1.82, 2.24) is 19.7 Å². The Balaban J connectivity index is 1.53. The van der Waals surface area contributed by atoms with Crippen LogP contribution in [0.2, 0.25) is 0 Å². The largest absolute Gasteiger partial charge is 0.463 e. The first-order valence-corrected chi connectivity index (χ1v) is 8.38. The molecule has 1 aliphatic rings. The standard InChI is InChI=1S/C18H22N4O3/c1-13-3-5-14(6-4-13)16(23)15-7-9-21(10-8-15)12-22-11-19-17(20-22)18(24)25-2/h3-6,11,15H,7-10,12H2,1-2H3. The van der Waals surface area contributed by atoms with Crippen LogP contribution in [-0.4, -0.2) is 51.6 Å². The van der Waals surface area contributed by atoms with Crippen molar-refractivity contribution in [3.05, 3.63) is 47.5 Å². The van der Waals surface area contributed by atoms with E-state index in [4.69, 9.17) is 0 Å². The van der Waals surface area contributed by atoms with Gasteiger partial charge in [-0.05, 0) is 19.8 Å². The fourth-order valence-corrected chi connectivity index (χ4v) is 3.04. The van der Waals surface area contributed by atoms with Crippen LogP contribution in [0.5, 0.6) is 0 Å². The van der Waals surface area contributed by atoms with E-state index in [0.29, 0.717) is 6.67 Å². The summed E-state index contributed by atoms with van der Waals surface area (Å²) in [6, 6.07) is 7.78. The number of piperidine rings is 1. The highest BCUT2D eigenvalue weighted by molar-refractivity contribution is 5.97. The molecule has 7 heteroatoms. The lowest BCUT2D eigenvalue weighted by Crippen LogP contribution is -2.37. The van der Waals surface area contributed by atoms with Crippen LogP contribution in [0.1, 0.15) is 39.4 Å². The first-order valence-electron chi connectivity index (χ1n) is 8.38. The van der Waals surface area contributed by atoms with Gasteiger partial charge in [-0.3, -0.25) is 9.69 Å². The second-order valence-electron chi connectivity index (χ2n) is 6.36. The van der Waals surface area contributed by atoms with Gasteiger partial charge in [0.05, 0.1) is 13.8 Å². The number of ether oxygens (including phenoxy) is 1. The van der Waals surface area contributed by atoms with Crippen LogP contribution >= 0.6 is 0 Å². The smallest absolute Gasteiger partial charge is 0.377 e. The number of benzene rings is 1. The third kappa shape index (κ3) is 4.11. The molecule has 1 aromatic heterocycles. The van der Waals surface area contributed by atoms with E-state index in [9.17, 15) is 9.59 Å². The predicted molar refractivity (Wildman–Crippen MR) is 91.2 cm³/mol. The van der Waals surface area contributed by atoms with Gasteiger partial charge >= 0.3 is 5.97 Å². The zero-order valence-electron chi connectivity index (χ0n) is 14.5. The van der Waals surface area contributed by atoms with Crippen molar-refractivity contribution in [1.29, 1.82) is 0 Å². The van der Waals surface area contributed by atoms with Gasteiger partial charge in [-0.15, -0.1) is 5.10 Å². The molecule has 0 bridgehead atoms. The number of rotatable bonds is 5. The molecule has 0 unspecified atom stereocenters. The number of likely N-dealkylation sites (tertiary alicyclic amines) is 1. The number of hydrogen-bond donors (Lipinski definition) is 0. The second kappa shape index (κ2) is 7.57. The van der Waals surface area contributed by atoms with E-state index in [-0.39, 0.29) is 17.5 Å². The van der Waals surface area contributed by atoms with Crippen molar-refractivity contribution in [2.75, 3.05) is 20.2 Å². The minimum atomic E-state index is -0.541. The number of methoxy groups -OCH3 is 1. The molecule has 0 amide bonds. The minimum absolute atomic E-state index is 0.0620. The van der Waals surface area contributed by atoms with Gasteiger partial charge in [-0.2, -0.15) is 0 Å². The first kappa shape index (κ1) is 17.3. The second-order valence-corrected chi connectivity index (χ2v) is 6.36. The molecular formula is C18H22N4O3. The molecule has 1 fully saturated rings. The molecule has 1 saturated heterocycles. The highest BCUT2D eigenvalue weighted by Crippen LogP contribution is 2.22. The van der Waals surface area contributed by atoms with Crippen LogP contribution in [0.15, 0.2) is 30.6 Å². The van der Waals surface area contributed by atoms with E-state index >= 15 is 0 Å². The zero-order valence-corrected chi connectivity index (χ0v) is 14.5. The summed E-state index contributed by atoms with van der Waals surface area (Å²) >= 11 is 0. The lowest BCUT2D eigenvalue weighted by atomic mass is 9.89. The van der Waals surface area contributed by atoms with Crippen molar-refractivity contribution in [3.63, 3.8) is 0 Å². The maximum atomic E-state index is 12.6. The molecule has 0 N–H and O–H groups in total. The van der Waals surface area contributed by atoms with E-state index in [0.717, 1.165) is 37.1 Å². The molecule has 3 rings (SSSR count). The Morgan fingerprint density at radius 3 is 2.52 bits per heavy atom. The monoisotopic (exact) mass is 342 g/mol. The summed E-state index contributed by atoms with van der Waals surface area (Å²) < 4.78 is 6.22.